The van der Waals surface area contributed by atoms with Gasteiger partial charge in [0, 0.05) is 13.1 Å². The number of nitrogens with two attached hydrogens (primary N) is 3. The highest BCUT2D eigenvalue weighted by Crippen LogP contribution is 2.41. The van der Waals surface area contributed by atoms with Crippen molar-refractivity contribution in [2.24, 2.45) is 11.5 Å². The number of fused-ring (bicyclic) bond motifs is 1. The minimum atomic E-state index is -0.651. The van der Waals surface area contributed by atoms with Crippen molar-refractivity contribution in [1.82, 2.24) is 0 Å². The zero-order chi connectivity index (χ0) is 15.1. The topological polar surface area (TPSA) is 115 Å². The molecule has 1 aliphatic heterocycles. The van der Waals surface area contributed by atoms with Crippen molar-refractivity contribution in [3.63, 3.8) is 0 Å². The standard InChI is InChI=1S/C14H14N4O2S/c15-10-9(12(16)19)14(21-11(10)13(17)20)18-5-7-3-1-2-4-8(7)6-18/h1-4H,5-6,15H2,(H2,16,19)(H2,17,20). The average Bonchev–Trinajstić information content (AvgIpc) is 2.98. The number of carbonyl (C=O) groups excluding carboxylic acids is 2. The number of carbonyl (C=O) groups is 2. The summed E-state index contributed by atoms with van der Waals surface area (Å²) in [5, 5.41) is 0.602. The fourth-order valence-corrected chi connectivity index (χ4v) is 3.63. The van der Waals surface area contributed by atoms with Crippen LogP contribution in [0.4, 0.5) is 10.7 Å². The molecule has 0 saturated carbocycles. The van der Waals surface area contributed by atoms with E-state index in [0.717, 1.165) is 11.3 Å². The maximum absolute atomic E-state index is 11.7. The number of thiophene rings is 1. The molecule has 0 radical (unpaired) electrons. The number of hydrogen-bond acceptors (Lipinski definition) is 5. The van der Waals surface area contributed by atoms with Gasteiger partial charge in [-0.3, -0.25) is 9.59 Å². The molecule has 21 heavy (non-hydrogen) atoms. The van der Waals surface area contributed by atoms with Gasteiger partial charge in [-0.2, -0.15) is 0 Å². The van der Waals surface area contributed by atoms with Gasteiger partial charge in [-0.05, 0) is 11.1 Å². The van der Waals surface area contributed by atoms with Gasteiger partial charge in [-0.15, -0.1) is 11.3 Å². The van der Waals surface area contributed by atoms with Gasteiger partial charge in [-0.1, -0.05) is 24.3 Å². The number of benzene rings is 1. The van der Waals surface area contributed by atoms with E-state index >= 15 is 0 Å². The van der Waals surface area contributed by atoms with Crippen LogP contribution in [0.2, 0.25) is 0 Å². The van der Waals surface area contributed by atoms with Gasteiger partial charge < -0.3 is 22.1 Å². The Kier molecular flexibility index (Phi) is 3.06. The van der Waals surface area contributed by atoms with Gasteiger partial charge in [-0.25, -0.2) is 0 Å². The lowest BCUT2D eigenvalue weighted by atomic mass is 10.1. The second-order valence-corrected chi connectivity index (χ2v) is 5.88. The minimum absolute atomic E-state index is 0.0750. The number of nitrogens with zero attached hydrogens (tertiary/aromatic N) is 1. The maximum Gasteiger partial charge on any atom is 0.260 e. The van der Waals surface area contributed by atoms with Crippen LogP contribution in [0.3, 0.4) is 0 Å². The molecule has 6 N–H and O–H groups in total. The SMILES string of the molecule is NC(=O)c1sc(N2Cc3ccccc3C2)c(C(N)=O)c1N. The van der Waals surface area contributed by atoms with Crippen molar-refractivity contribution in [3.8, 4) is 0 Å². The van der Waals surface area contributed by atoms with Crippen molar-refractivity contribution < 1.29 is 9.59 Å². The fraction of sp³-hybridized carbons (Fsp3) is 0.143. The van der Waals surface area contributed by atoms with E-state index in [1.54, 1.807) is 0 Å². The third-order valence-electron chi connectivity index (χ3n) is 3.52. The van der Waals surface area contributed by atoms with Gasteiger partial charge >= 0.3 is 0 Å². The lowest BCUT2D eigenvalue weighted by molar-refractivity contribution is 0.0999. The number of primary amides is 2. The molecular weight excluding hydrogens is 288 g/mol. The summed E-state index contributed by atoms with van der Waals surface area (Å²) in [6, 6.07) is 8.00. The first-order chi connectivity index (χ1) is 9.99. The summed E-state index contributed by atoms with van der Waals surface area (Å²) in [7, 11) is 0. The molecule has 2 aromatic rings. The second-order valence-electron chi connectivity index (χ2n) is 4.88. The lowest BCUT2D eigenvalue weighted by Gasteiger charge is -2.16. The predicted molar refractivity (Wildman–Crippen MR) is 82.1 cm³/mol. The Hall–Kier alpha value is -2.54. The highest BCUT2D eigenvalue weighted by atomic mass is 32.1. The molecule has 3 rings (SSSR count). The lowest BCUT2D eigenvalue weighted by Crippen LogP contribution is -2.20. The number of hydrogen-bond donors (Lipinski definition) is 3. The van der Waals surface area contributed by atoms with Crippen LogP contribution in [0.25, 0.3) is 0 Å². The van der Waals surface area contributed by atoms with Gasteiger partial charge in [0.15, 0.2) is 0 Å². The van der Waals surface area contributed by atoms with E-state index in [-0.39, 0.29) is 16.1 Å². The second kappa shape index (κ2) is 4.78. The first-order valence-corrected chi connectivity index (χ1v) is 7.14. The van der Waals surface area contributed by atoms with Crippen molar-refractivity contribution in [2.75, 3.05) is 10.6 Å². The molecule has 0 atom stereocenters. The Morgan fingerprint density at radius 1 is 1.05 bits per heavy atom. The molecule has 7 heteroatoms. The Balaban J connectivity index is 2.06. The number of nitrogen functional groups attached to an aromatic ring is 1. The van der Waals surface area contributed by atoms with Crippen molar-refractivity contribution in [2.45, 2.75) is 13.1 Å². The molecule has 0 aliphatic carbocycles. The van der Waals surface area contributed by atoms with E-state index in [0.29, 0.717) is 18.1 Å². The molecule has 108 valence electrons. The Bertz CT molecular complexity index is 728. The maximum atomic E-state index is 11.7. The van der Waals surface area contributed by atoms with E-state index in [4.69, 9.17) is 17.2 Å². The largest absolute Gasteiger partial charge is 0.397 e. The molecule has 2 heterocycles. The molecule has 1 aromatic heterocycles. The summed E-state index contributed by atoms with van der Waals surface area (Å²) in [6.07, 6.45) is 0. The molecule has 0 spiro atoms. The Labute approximate surface area is 125 Å². The number of amides is 2. The van der Waals surface area contributed by atoms with E-state index in [1.165, 1.54) is 11.1 Å². The van der Waals surface area contributed by atoms with Gasteiger partial charge in [0.25, 0.3) is 11.8 Å². The zero-order valence-corrected chi connectivity index (χ0v) is 11.9. The first kappa shape index (κ1) is 13.4. The third-order valence-corrected chi connectivity index (χ3v) is 4.81. The van der Waals surface area contributed by atoms with Gasteiger partial charge in [0.05, 0.1) is 11.3 Å². The molecule has 0 saturated heterocycles. The van der Waals surface area contributed by atoms with E-state index in [2.05, 4.69) is 0 Å². The third kappa shape index (κ3) is 2.11. The summed E-state index contributed by atoms with van der Waals surface area (Å²) >= 11 is 1.12. The van der Waals surface area contributed by atoms with Crippen LogP contribution in [0.5, 0.6) is 0 Å². The summed E-state index contributed by atoms with van der Waals surface area (Å²) in [4.78, 5) is 25.3. The van der Waals surface area contributed by atoms with E-state index in [1.807, 2.05) is 29.2 Å². The quantitative estimate of drug-likeness (QED) is 0.785. The fourth-order valence-electron chi connectivity index (χ4n) is 2.55. The molecular formula is C14H14N4O2S. The summed E-state index contributed by atoms with van der Waals surface area (Å²) in [5.41, 5.74) is 19.2. The van der Waals surface area contributed by atoms with Crippen LogP contribution in [-0.2, 0) is 13.1 Å². The average molecular weight is 302 g/mol. The van der Waals surface area contributed by atoms with Crippen molar-refractivity contribution in [1.29, 1.82) is 0 Å². The Morgan fingerprint density at radius 3 is 2.10 bits per heavy atom. The molecule has 1 aromatic carbocycles. The summed E-state index contributed by atoms with van der Waals surface area (Å²) in [6.45, 7) is 1.29. The molecule has 2 amide bonds. The highest BCUT2D eigenvalue weighted by molar-refractivity contribution is 7.19. The number of rotatable bonds is 3. The predicted octanol–water partition coefficient (Wildman–Crippen LogP) is 1.05. The monoisotopic (exact) mass is 302 g/mol. The van der Waals surface area contributed by atoms with Crippen molar-refractivity contribution >= 4 is 33.8 Å². The summed E-state index contributed by atoms with van der Waals surface area (Å²) < 4.78 is 0. The van der Waals surface area contributed by atoms with E-state index in [9.17, 15) is 9.59 Å². The molecule has 0 unspecified atom stereocenters. The molecule has 0 bridgehead atoms. The van der Waals surface area contributed by atoms with Crippen LogP contribution < -0.4 is 22.1 Å². The van der Waals surface area contributed by atoms with Crippen LogP contribution >= 0.6 is 11.3 Å². The van der Waals surface area contributed by atoms with Crippen LogP contribution in [-0.4, -0.2) is 11.8 Å². The minimum Gasteiger partial charge on any atom is -0.397 e. The normalized spacial score (nSPS) is 13.2. The highest BCUT2D eigenvalue weighted by Gasteiger charge is 2.29. The van der Waals surface area contributed by atoms with E-state index < -0.39 is 11.8 Å². The van der Waals surface area contributed by atoms with Gasteiger partial charge in [0.1, 0.15) is 9.88 Å². The number of anilines is 2. The van der Waals surface area contributed by atoms with Gasteiger partial charge in [0.2, 0.25) is 0 Å². The van der Waals surface area contributed by atoms with Crippen LogP contribution in [0.1, 0.15) is 31.2 Å². The van der Waals surface area contributed by atoms with Crippen LogP contribution in [0, 0.1) is 0 Å². The van der Waals surface area contributed by atoms with Crippen molar-refractivity contribution in [3.05, 3.63) is 45.8 Å². The molecule has 6 nitrogen and oxygen atoms in total. The first-order valence-electron chi connectivity index (χ1n) is 6.32. The smallest absolute Gasteiger partial charge is 0.260 e. The zero-order valence-electron chi connectivity index (χ0n) is 11.1. The Morgan fingerprint density at radius 2 is 1.62 bits per heavy atom. The molecule has 0 fully saturated rings. The molecule has 1 aliphatic rings. The summed E-state index contributed by atoms with van der Waals surface area (Å²) in [5.74, 6) is -1.30. The van der Waals surface area contributed by atoms with Crippen LogP contribution in [0.15, 0.2) is 24.3 Å².